The highest BCUT2D eigenvalue weighted by atomic mass is 16.2. The van der Waals surface area contributed by atoms with Crippen LogP contribution in [0.4, 0.5) is 0 Å². The van der Waals surface area contributed by atoms with Crippen LogP contribution in [0.25, 0.3) is 0 Å². The molecule has 1 rings (SSSR count). The first kappa shape index (κ1) is 10.4. The van der Waals surface area contributed by atoms with E-state index in [4.69, 9.17) is 0 Å². The van der Waals surface area contributed by atoms with Gasteiger partial charge in [0.2, 0.25) is 0 Å². The quantitative estimate of drug-likeness (QED) is 0.662. The van der Waals surface area contributed by atoms with Gasteiger partial charge in [0.05, 0.1) is 0 Å². The van der Waals surface area contributed by atoms with Crippen LogP contribution in [0, 0.1) is 5.92 Å². The van der Waals surface area contributed by atoms with Crippen LogP contribution in [-0.4, -0.2) is 24.2 Å². The van der Waals surface area contributed by atoms with Crippen molar-refractivity contribution < 1.29 is 9.59 Å². The van der Waals surface area contributed by atoms with Gasteiger partial charge in [0.1, 0.15) is 0 Å². The number of Topliss-reactive ketones (excluding diaryl/α,β-unsaturated/α-hetero) is 2. The lowest BCUT2D eigenvalue weighted by Crippen LogP contribution is -2.39. The van der Waals surface area contributed by atoms with Gasteiger partial charge >= 0.3 is 0 Å². The Hall–Kier alpha value is -0.700. The summed E-state index contributed by atoms with van der Waals surface area (Å²) in [6.07, 6.45) is 2.56. The number of carbonyl (C=O) groups excluding carboxylic acids is 2. The second kappa shape index (κ2) is 4.51. The van der Waals surface area contributed by atoms with Gasteiger partial charge in [-0.15, -0.1) is 0 Å². The first-order chi connectivity index (χ1) is 6.09. The van der Waals surface area contributed by atoms with Crippen LogP contribution in [0.1, 0.15) is 33.1 Å². The van der Waals surface area contributed by atoms with Gasteiger partial charge in [-0.1, -0.05) is 6.92 Å². The van der Waals surface area contributed by atoms with E-state index in [9.17, 15) is 9.59 Å². The Bertz CT molecular complexity index is 213. The zero-order valence-electron chi connectivity index (χ0n) is 8.30. The minimum Gasteiger partial charge on any atom is -0.314 e. The van der Waals surface area contributed by atoms with Crippen molar-refractivity contribution in [2.45, 2.75) is 39.2 Å². The molecule has 1 aliphatic heterocycles. The fourth-order valence-corrected chi connectivity index (χ4v) is 1.74. The van der Waals surface area contributed by atoms with Crippen molar-refractivity contribution in [3.8, 4) is 0 Å². The molecule has 0 bridgehead atoms. The summed E-state index contributed by atoms with van der Waals surface area (Å²) >= 11 is 0. The Labute approximate surface area is 78.9 Å². The standard InChI is InChI=1S/C10H17NO2/c1-7-3-4-11-9(5-7)6-10(13)8(2)12/h7,9,11H,3-6H2,1-2H3. The highest BCUT2D eigenvalue weighted by molar-refractivity contribution is 6.36. The van der Waals surface area contributed by atoms with Crippen LogP contribution in [0.5, 0.6) is 0 Å². The van der Waals surface area contributed by atoms with Crippen molar-refractivity contribution in [3.05, 3.63) is 0 Å². The molecule has 0 radical (unpaired) electrons. The van der Waals surface area contributed by atoms with E-state index in [1.807, 2.05) is 0 Å². The van der Waals surface area contributed by atoms with Crippen LogP contribution in [-0.2, 0) is 9.59 Å². The van der Waals surface area contributed by atoms with Crippen molar-refractivity contribution in [2.75, 3.05) is 6.54 Å². The SMILES string of the molecule is CC(=O)C(=O)CC1CC(C)CCN1. The lowest BCUT2D eigenvalue weighted by molar-refractivity contribution is -0.135. The average Bonchev–Trinajstić information content (AvgIpc) is 2.04. The molecule has 3 nitrogen and oxygen atoms in total. The van der Waals surface area contributed by atoms with E-state index in [1.54, 1.807) is 0 Å². The minimum atomic E-state index is -0.319. The molecule has 0 aromatic rings. The van der Waals surface area contributed by atoms with Gasteiger partial charge in [0.15, 0.2) is 11.6 Å². The van der Waals surface area contributed by atoms with E-state index in [0.29, 0.717) is 12.3 Å². The average molecular weight is 183 g/mol. The number of rotatable bonds is 3. The number of hydrogen-bond donors (Lipinski definition) is 1. The Kier molecular flexibility index (Phi) is 3.60. The Morgan fingerprint density at radius 2 is 2.15 bits per heavy atom. The minimum absolute atomic E-state index is 0.222. The second-order valence-corrected chi connectivity index (χ2v) is 3.96. The predicted octanol–water partition coefficient (Wildman–Crippen LogP) is 0.923. The maximum absolute atomic E-state index is 11.1. The zero-order valence-corrected chi connectivity index (χ0v) is 8.30. The molecular formula is C10H17NO2. The second-order valence-electron chi connectivity index (χ2n) is 3.96. The molecule has 1 N–H and O–H groups in total. The van der Waals surface area contributed by atoms with E-state index in [1.165, 1.54) is 13.3 Å². The van der Waals surface area contributed by atoms with Gasteiger partial charge in [-0.2, -0.15) is 0 Å². The first-order valence-corrected chi connectivity index (χ1v) is 4.86. The van der Waals surface area contributed by atoms with Gasteiger partial charge in [0, 0.05) is 19.4 Å². The van der Waals surface area contributed by atoms with E-state index in [0.717, 1.165) is 13.0 Å². The van der Waals surface area contributed by atoms with Crippen LogP contribution in [0.15, 0.2) is 0 Å². The summed E-state index contributed by atoms with van der Waals surface area (Å²) in [4.78, 5) is 21.8. The molecule has 3 heteroatoms. The van der Waals surface area contributed by atoms with Crippen molar-refractivity contribution in [1.29, 1.82) is 0 Å². The Balaban J connectivity index is 2.36. The number of piperidine rings is 1. The highest BCUT2D eigenvalue weighted by Gasteiger charge is 2.21. The molecule has 0 aliphatic carbocycles. The van der Waals surface area contributed by atoms with Gasteiger partial charge < -0.3 is 5.32 Å². The van der Waals surface area contributed by atoms with E-state index in [-0.39, 0.29) is 17.6 Å². The monoisotopic (exact) mass is 183 g/mol. The van der Waals surface area contributed by atoms with Gasteiger partial charge in [-0.3, -0.25) is 9.59 Å². The molecule has 1 aliphatic rings. The molecule has 0 aromatic carbocycles. The smallest absolute Gasteiger partial charge is 0.199 e. The molecule has 0 spiro atoms. The van der Waals surface area contributed by atoms with E-state index in [2.05, 4.69) is 12.2 Å². The van der Waals surface area contributed by atoms with E-state index < -0.39 is 0 Å². The molecule has 1 saturated heterocycles. The molecule has 74 valence electrons. The van der Waals surface area contributed by atoms with Crippen molar-refractivity contribution >= 4 is 11.6 Å². The van der Waals surface area contributed by atoms with Crippen LogP contribution < -0.4 is 5.32 Å². The number of hydrogen-bond acceptors (Lipinski definition) is 3. The van der Waals surface area contributed by atoms with Gasteiger partial charge in [0.25, 0.3) is 0 Å². The third-order valence-electron chi connectivity index (χ3n) is 2.58. The molecule has 13 heavy (non-hydrogen) atoms. The van der Waals surface area contributed by atoms with Crippen molar-refractivity contribution in [2.24, 2.45) is 5.92 Å². The number of nitrogens with one attached hydrogen (secondary N) is 1. The maximum Gasteiger partial charge on any atom is 0.199 e. The molecular weight excluding hydrogens is 166 g/mol. The summed E-state index contributed by atoms with van der Waals surface area (Å²) in [5.41, 5.74) is 0. The largest absolute Gasteiger partial charge is 0.314 e. The molecule has 0 saturated carbocycles. The number of carbonyl (C=O) groups is 2. The molecule has 0 amide bonds. The maximum atomic E-state index is 11.1. The van der Waals surface area contributed by atoms with E-state index >= 15 is 0 Å². The third kappa shape index (κ3) is 3.27. The molecule has 2 unspecified atom stereocenters. The molecule has 2 atom stereocenters. The molecule has 0 aromatic heterocycles. The third-order valence-corrected chi connectivity index (χ3v) is 2.58. The molecule has 1 heterocycles. The van der Waals surface area contributed by atoms with Gasteiger partial charge in [-0.05, 0) is 25.3 Å². The summed E-state index contributed by atoms with van der Waals surface area (Å²) in [5.74, 6) is 0.109. The topological polar surface area (TPSA) is 46.2 Å². The van der Waals surface area contributed by atoms with Crippen LogP contribution in [0.2, 0.25) is 0 Å². The summed E-state index contributed by atoms with van der Waals surface area (Å²) < 4.78 is 0. The summed E-state index contributed by atoms with van der Waals surface area (Å²) in [6.45, 7) is 4.50. The summed E-state index contributed by atoms with van der Waals surface area (Å²) in [7, 11) is 0. The van der Waals surface area contributed by atoms with Gasteiger partial charge in [-0.25, -0.2) is 0 Å². The lowest BCUT2D eigenvalue weighted by Gasteiger charge is -2.27. The highest BCUT2D eigenvalue weighted by Crippen LogP contribution is 2.17. The fourth-order valence-electron chi connectivity index (χ4n) is 1.74. The van der Waals surface area contributed by atoms with Crippen molar-refractivity contribution in [1.82, 2.24) is 5.32 Å². The Morgan fingerprint density at radius 1 is 1.46 bits per heavy atom. The summed E-state index contributed by atoms with van der Waals surface area (Å²) in [5, 5.41) is 3.26. The number of ketones is 2. The molecule has 1 fully saturated rings. The zero-order chi connectivity index (χ0) is 9.84. The Morgan fingerprint density at radius 3 is 2.69 bits per heavy atom. The first-order valence-electron chi connectivity index (χ1n) is 4.86. The van der Waals surface area contributed by atoms with Crippen LogP contribution in [0.3, 0.4) is 0 Å². The summed E-state index contributed by atoms with van der Waals surface area (Å²) in [6, 6.07) is 0.222. The normalized spacial score (nSPS) is 28.5. The fraction of sp³-hybridized carbons (Fsp3) is 0.800. The van der Waals surface area contributed by atoms with Crippen LogP contribution >= 0.6 is 0 Å². The van der Waals surface area contributed by atoms with Crippen molar-refractivity contribution in [3.63, 3.8) is 0 Å². The lowest BCUT2D eigenvalue weighted by atomic mass is 9.91. The predicted molar refractivity (Wildman–Crippen MR) is 50.5 cm³/mol.